The number of carbonyl (C=O) groups excluding carboxylic acids is 1. The molecule has 24 heavy (non-hydrogen) atoms. The highest BCUT2D eigenvalue weighted by Crippen LogP contribution is 2.32. The first-order valence-electron chi connectivity index (χ1n) is 9.24. The van der Waals surface area contributed by atoms with Crippen molar-refractivity contribution < 1.29 is 9.53 Å². The zero-order valence-corrected chi connectivity index (χ0v) is 15.2. The third-order valence-electron chi connectivity index (χ3n) is 5.79. The molecule has 2 fully saturated rings. The summed E-state index contributed by atoms with van der Waals surface area (Å²) in [6, 6.07) is 9.01. The van der Waals surface area contributed by atoms with Crippen molar-refractivity contribution in [2.45, 2.75) is 57.0 Å². The second-order valence-electron chi connectivity index (χ2n) is 7.33. The van der Waals surface area contributed by atoms with E-state index in [0.717, 1.165) is 30.7 Å². The van der Waals surface area contributed by atoms with Gasteiger partial charge in [-0.15, -0.1) is 0 Å². The Labute approximate surface area is 145 Å². The van der Waals surface area contributed by atoms with Crippen LogP contribution in [-0.4, -0.2) is 55.0 Å². The van der Waals surface area contributed by atoms with Gasteiger partial charge in [-0.3, -0.25) is 4.79 Å². The number of amides is 1. The van der Waals surface area contributed by atoms with Crippen molar-refractivity contribution in [1.29, 1.82) is 0 Å². The Hall–Kier alpha value is -1.55. The van der Waals surface area contributed by atoms with Gasteiger partial charge in [0.2, 0.25) is 5.91 Å². The van der Waals surface area contributed by atoms with Gasteiger partial charge in [0.15, 0.2) is 0 Å². The van der Waals surface area contributed by atoms with E-state index in [9.17, 15) is 4.79 Å². The van der Waals surface area contributed by atoms with Crippen molar-refractivity contribution in [3.8, 4) is 5.75 Å². The van der Waals surface area contributed by atoms with Crippen LogP contribution in [0.3, 0.4) is 0 Å². The monoisotopic (exact) mass is 330 g/mol. The lowest BCUT2D eigenvalue weighted by Crippen LogP contribution is -2.47. The number of carbonyl (C=O) groups is 1. The number of nitrogens with zero attached hydrogens (tertiary/aromatic N) is 2. The van der Waals surface area contributed by atoms with E-state index >= 15 is 0 Å². The van der Waals surface area contributed by atoms with Crippen molar-refractivity contribution in [3.05, 3.63) is 29.8 Å². The molecule has 4 heteroatoms. The molecule has 0 N–H and O–H groups in total. The van der Waals surface area contributed by atoms with Gasteiger partial charge < -0.3 is 14.5 Å². The minimum atomic E-state index is 0.177. The molecule has 1 aromatic carbocycles. The van der Waals surface area contributed by atoms with Crippen LogP contribution >= 0.6 is 0 Å². The highest BCUT2D eigenvalue weighted by molar-refractivity contribution is 5.78. The molecule has 0 bridgehead atoms. The van der Waals surface area contributed by atoms with Gasteiger partial charge in [-0.2, -0.15) is 0 Å². The standard InChI is InChI=1S/C20H30N2O2/c1-15(16-8-4-5-11-19(16)24-3)14-20(23)22-13-7-10-18(22)17-9-6-12-21(17)2/h4-5,8,11,15,17-18H,6-7,9-10,12-14H2,1-3H3/t15-,17+,18+/m1/s1. The van der Waals surface area contributed by atoms with Crippen LogP contribution in [0.25, 0.3) is 0 Å². The number of hydrogen-bond donors (Lipinski definition) is 0. The molecular formula is C20H30N2O2. The van der Waals surface area contributed by atoms with Crippen molar-refractivity contribution in [2.75, 3.05) is 27.2 Å². The maximum atomic E-state index is 13.0. The van der Waals surface area contributed by atoms with E-state index in [1.165, 1.54) is 19.4 Å². The van der Waals surface area contributed by atoms with E-state index in [1.807, 2.05) is 18.2 Å². The Kier molecular flexibility index (Phi) is 5.44. The first-order valence-corrected chi connectivity index (χ1v) is 9.24. The minimum Gasteiger partial charge on any atom is -0.496 e. The van der Waals surface area contributed by atoms with Crippen LogP contribution in [0.5, 0.6) is 5.75 Å². The molecule has 2 heterocycles. The topological polar surface area (TPSA) is 32.8 Å². The summed E-state index contributed by atoms with van der Waals surface area (Å²) in [7, 11) is 3.90. The van der Waals surface area contributed by atoms with Gasteiger partial charge in [0.25, 0.3) is 0 Å². The average molecular weight is 330 g/mol. The molecule has 0 aliphatic carbocycles. The lowest BCUT2D eigenvalue weighted by molar-refractivity contribution is -0.133. The predicted molar refractivity (Wildman–Crippen MR) is 96.4 cm³/mol. The van der Waals surface area contributed by atoms with Gasteiger partial charge in [0, 0.05) is 25.0 Å². The number of ether oxygens (including phenoxy) is 1. The fraction of sp³-hybridized carbons (Fsp3) is 0.650. The second kappa shape index (κ2) is 7.56. The molecule has 0 saturated carbocycles. The summed E-state index contributed by atoms with van der Waals surface area (Å²) in [5, 5.41) is 0. The summed E-state index contributed by atoms with van der Waals surface area (Å²) >= 11 is 0. The van der Waals surface area contributed by atoms with Crippen LogP contribution in [0.4, 0.5) is 0 Å². The lowest BCUT2D eigenvalue weighted by Gasteiger charge is -2.34. The highest BCUT2D eigenvalue weighted by Gasteiger charge is 2.38. The van der Waals surface area contributed by atoms with Crippen molar-refractivity contribution >= 4 is 5.91 Å². The number of benzene rings is 1. The molecule has 1 amide bonds. The maximum Gasteiger partial charge on any atom is 0.223 e. The minimum absolute atomic E-state index is 0.177. The summed E-state index contributed by atoms with van der Waals surface area (Å²) in [6.45, 7) is 4.22. The van der Waals surface area contributed by atoms with E-state index in [0.29, 0.717) is 24.4 Å². The van der Waals surface area contributed by atoms with Crippen LogP contribution in [0.15, 0.2) is 24.3 Å². The number of likely N-dealkylation sites (tertiary alicyclic amines) is 2. The van der Waals surface area contributed by atoms with E-state index < -0.39 is 0 Å². The third-order valence-corrected chi connectivity index (χ3v) is 5.79. The van der Waals surface area contributed by atoms with Gasteiger partial charge in [-0.05, 0) is 56.8 Å². The zero-order valence-electron chi connectivity index (χ0n) is 15.2. The third kappa shape index (κ3) is 3.44. The van der Waals surface area contributed by atoms with Crippen LogP contribution < -0.4 is 4.74 Å². The maximum absolute atomic E-state index is 13.0. The second-order valence-corrected chi connectivity index (χ2v) is 7.33. The quantitative estimate of drug-likeness (QED) is 0.831. The molecule has 0 spiro atoms. The SMILES string of the molecule is COc1ccccc1[C@H](C)CC(=O)N1CCC[C@H]1[C@@H]1CCCN1C. The Morgan fingerprint density at radius 2 is 1.92 bits per heavy atom. The Morgan fingerprint density at radius 1 is 1.21 bits per heavy atom. The number of rotatable bonds is 5. The van der Waals surface area contributed by atoms with Gasteiger partial charge in [0.05, 0.1) is 7.11 Å². The molecular weight excluding hydrogens is 300 g/mol. The smallest absolute Gasteiger partial charge is 0.223 e. The van der Waals surface area contributed by atoms with Crippen LogP contribution in [0.1, 0.15) is 50.5 Å². The van der Waals surface area contributed by atoms with Gasteiger partial charge in [-0.1, -0.05) is 25.1 Å². The molecule has 2 saturated heterocycles. The molecule has 2 aliphatic rings. The molecule has 132 valence electrons. The van der Waals surface area contributed by atoms with Gasteiger partial charge >= 0.3 is 0 Å². The highest BCUT2D eigenvalue weighted by atomic mass is 16.5. The summed E-state index contributed by atoms with van der Waals surface area (Å²) < 4.78 is 5.46. The first kappa shape index (κ1) is 17.3. The summed E-state index contributed by atoms with van der Waals surface area (Å²) in [6.07, 6.45) is 5.35. The Bertz CT molecular complexity index is 575. The van der Waals surface area contributed by atoms with Gasteiger partial charge in [-0.25, -0.2) is 0 Å². The summed E-state index contributed by atoms with van der Waals surface area (Å²) in [4.78, 5) is 17.6. The zero-order chi connectivity index (χ0) is 17.1. The number of hydrogen-bond acceptors (Lipinski definition) is 3. The van der Waals surface area contributed by atoms with E-state index in [1.54, 1.807) is 7.11 Å². The normalized spacial score (nSPS) is 25.9. The fourth-order valence-corrected chi connectivity index (χ4v) is 4.49. The van der Waals surface area contributed by atoms with E-state index in [2.05, 4.69) is 29.8 Å². The molecule has 0 radical (unpaired) electrons. The van der Waals surface area contributed by atoms with Crippen LogP contribution in [0, 0.1) is 0 Å². The van der Waals surface area contributed by atoms with E-state index in [4.69, 9.17) is 4.74 Å². The average Bonchev–Trinajstić information content (AvgIpc) is 3.22. The Morgan fingerprint density at radius 3 is 2.62 bits per heavy atom. The summed E-state index contributed by atoms with van der Waals surface area (Å²) in [5.41, 5.74) is 1.13. The fourth-order valence-electron chi connectivity index (χ4n) is 4.49. The number of likely N-dealkylation sites (N-methyl/N-ethyl adjacent to an activating group) is 1. The number of para-hydroxylation sites is 1. The molecule has 4 nitrogen and oxygen atoms in total. The molecule has 2 aliphatic heterocycles. The molecule has 1 aromatic rings. The largest absolute Gasteiger partial charge is 0.496 e. The predicted octanol–water partition coefficient (Wildman–Crippen LogP) is 3.27. The van der Waals surface area contributed by atoms with Gasteiger partial charge in [0.1, 0.15) is 5.75 Å². The van der Waals surface area contributed by atoms with E-state index in [-0.39, 0.29) is 5.92 Å². The lowest BCUT2D eigenvalue weighted by atomic mass is 9.95. The molecule has 3 rings (SSSR count). The summed E-state index contributed by atoms with van der Waals surface area (Å²) in [5.74, 6) is 1.36. The van der Waals surface area contributed by atoms with Crippen molar-refractivity contribution in [2.24, 2.45) is 0 Å². The van der Waals surface area contributed by atoms with Crippen LogP contribution in [0.2, 0.25) is 0 Å². The van der Waals surface area contributed by atoms with Crippen molar-refractivity contribution in [1.82, 2.24) is 9.80 Å². The first-order chi connectivity index (χ1) is 11.6. The van der Waals surface area contributed by atoms with Crippen molar-refractivity contribution in [3.63, 3.8) is 0 Å². The molecule has 3 atom stereocenters. The molecule has 0 aromatic heterocycles. The van der Waals surface area contributed by atoms with Crippen LogP contribution in [-0.2, 0) is 4.79 Å². The number of methoxy groups -OCH3 is 1. The Balaban J connectivity index is 1.67. The molecule has 0 unspecified atom stereocenters.